The molecule has 1 heteroatoms. The molecule has 1 rings (SSSR count). The van der Waals surface area contributed by atoms with Crippen LogP contribution in [0.1, 0.15) is 12.0 Å². The highest BCUT2D eigenvalue weighted by Gasteiger charge is 1.94. The first-order valence-electron chi connectivity index (χ1n) is 3.69. The van der Waals surface area contributed by atoms with Gasteiger partial charge in [-0.2, -0.15) is 0 Å². The van der Waals surface area contributed by atoms with Crippen molar-refractivity contribution in [2.75, 3.05) is 0 Å². The number of allylic oxidation sites excluding steroid dienone is 1. The molecule has 0 aliphatic rings. The van der Waals surface area contributed by atoms with Crippen molar-refractivity contribution in [3.63, 3.8) is 0 Å². The molecule has 0 bridgehead atoms. The molecule has 0 amide bonds. The lowest BCUT2D eigenvalue weighted by Gasteiger charge is -2.00. The van der Waals surface area contributed by atoms with Crippen LogP contribution in [-0.2, 0) is 6.42 Å². The molecular weight excluding hydrogens is 247 g/mol. The van der Waals surface area contributed by atoms with Gasteiger partial charge in [0.1, 0.15) is 0 Å². The van der Waals surface area contributed by atoms with Gasteiger partial charge in [0.15, 0.2) is 0 Å². The quantitative estimate of drug-likeness (QED) is 0.575. The van der Waals surface area contributed by atoms with E-state index in [-0.39, 0.29) is 0 Å². The highest BCUT2D eigenvalue weighted by molar-refractivity contribution is 14.1. The Morgan fingerprint density at radius 1 is 1.36 bits per heavy atom. The molecule has 0 heterocycles. The summed E-state index contributed by atoms with van der Waals surface area (Å²) in [5.41, 5.74) is 1.42. The van der Waals surface area contributed by atoms with Crippen LogP contribution < -0.4 is 0 Å². The van der Waals surface area contributed by atoms with Gasteiger partial charge in [0.2, 0.25) is 0 Å². The lowest BCUT2D eigenvalue weighted by Crippen LogP contribution is -1.86. The SMILES string of the molecule is C=CCCc1ccccc1I. The Hall–Kier alpha value is -0.310. The Kier molecular flexibility index (Phi) is 3.63. The van der Waals surface area contributed by atoms with Crippen molar-refractivity contribution >= 4 is 22.6 Å². The third-order valence-corrected chi connectivity index (χ3v) is 2.63. The van der Waals surface area contributed by atoms with Gasteiger partial charge in [0, 0.05) is 3.57 Å². The van der Waals surface area contributed by atoms with Crippen LogP contribution in [0.2, 0.25) is 0 Å². The van der Waals surface area contributed by atoms with Crippen molar-refractivity contribution in [2.24, 2.45) is 0 Å². The first-order valence-corrected chi connectivity index (χ1v) is 4.77. The van der Waals surface area contributed by atoms with Crippen molar-refractivity contribution in [1.29, 1.82) is 0 Å². The van der Waals surface area contributed by atoms with Crippen LogP contribution in [0.15, 0.2) is 36.9 Å². The maximum absolute atomic E-state index is 3.70. The highest BCUT2D eigenvalue weighted by Crippen LogP contribution is 2.12. The molecule has 0 aromatic heterocycles. The van der Waals surface area contributed by atoms with Crippen LogP contribution in [-0.4, -0.2) is 0 Å². The second kappa shape index (κ2) is 4.54. The third-order valence-electron chi connectivity index (χ3n) is 1.58. The molecule has 0 fully saturated rings. The molecule has 0 radical (unpaired) electrons. The average Bonchev–Trinajstić information content (AvgIpc) is 2.03. The monoisotopic (exact) mass is 258 g/mol. The van der Waals surface area contributed by atoms with Crippen LogP contribution in [0.5, 0.6) is 0 Å². The molecule has 0 atom stereocenters. The first kappa shape index (κ1) is 8.78. The number of aryl methyl sites for hydroxylation is 1. The maximum atomic E-state index is 3.70. The smallest absolute Gasteiger partial charge is 0.0162 e. The number of benzene rings is 1. The molecule has 0 aliphatic carbocycles. The summed E-state index contributed by atoms with van der Waals surface area (Å²) in [4.78, 5) is 0. The van der Waals surface area contributed by atoms with E-state index >= 15 is 0 Å². The molecule has 11 heavy (non-hydrogen) atoms. The van der Waals surface area contributed by atoms with Crippen molar-refractivity contribution in [3.05, 3.63) is 46.1 Å². The fraction of sp³-hybridized carbons (Fsp3) is 0.200. The van der Waals surface area contributed by atoms with Crippen LogP contribution in [0.25, 0.3) is 0 Å². The van der Waals surface area contributed by atoms with E-state index in [1.54, 1.807) is 0 Å². The van der Waals surface area contributed by atoms with Crippen LogP contribution in [0.3, 0.4) is 0 Å². The van der Waals surface area contributed by atoms with Crippen LogP contribution >= 0.6 is 22.6 Å². The zero-order chi connectivity index (χ0) is 8.10. The lowest BCUT2D eigenvalue weighted by molar-refractivity contribution is 0.996. The van der Waals surface area contributed by atoms with E-state index in [9.17, 15) is 0 Å². The van der Waals surface area contributed by atoms with Crippen molar-refractivity contribution in [2.45, 2.75) is 12.8 Å². The molecule has 0 spiro atoms. The van der Waals surface area contributed by atoms with E-state index in [2.05, 4.69) is 53.4 Å². The summed E-state index contributed by atoms with van der Waals surface area (Å²) in [6.07, 6.45) is 4.14. The Morgan fingerprint density at radius 3 is 2.73 bits per heavy atom. The summed E-state index contributed by atoms with van der Waals surface area (Å²) in [5.74, 6) is 0. The second-order valence-corrected chi connectivity index (χ2v) is 3.58. The molecule has 1 aromatic carbocycles. The van der Waals surface area contributed by atoms with E-state index in [0.717, 1.165) is 12.8 Å². The maximum Gasteiger partial charge on any atom is 0.0162 e. The second-order valence-electron chi connectivity index (χ2n) is 2.42. The first-order chi connectivity index (χ1) is 5.34. The van der Waals surface area contributed by atoms with Gasteiger partial charge >= 0.3 is 0 Å². The summed E-state index contributed by atoms with van der Waals surface area (Å²) >= 11 is 2.37. The number of halogens is 1. The fourth-order valence-corrected chi connectivity index (χ4v) is 1.62. The van der Waals surface area contributed by atoms with Gasteiger partial charge in [0.25, 0.3) is 0 Å². The van der Waals surface area contributed by atoms with Gasteiger partial charge in [-0.1, -0.05) is 24.3 Å². The van der Waals surface area contributed by atoms with Crippen molar-refractivity contribution < 1.29 is 0 Å². The van der Waals surface area contributed by atoms with Gasteiger partial charge in [0.05, 0.1) is 0 Å². The standard InChI is InChI=1S/C10H11I/c1-2-3-6-9-7-4-5-8-10(9)11/h2,4-5,7-8H,1,3,6H2. The number of hydrogen-bond acceptors (Lipinski definition) is 0. The Morgan fingerprint density at radius 2 is 2.09 bits per heavy atom. The van der Waals surface area contributed by atoms with Gasteiger partial charge < -0.3 is 0 Å². The average molecular weight is 258 g/mol. The molecule has 0 aliphatic heterocycles. The molecule has 0 saturated heterocycles. The molecule has 0 saturated carbocycles. The normalized spacial score (nSPS) is 9.55. The molecular formula is C10H11I. The minimum absolute atomic E-state index is 1.07. The summed E-state index contributed by atoms with van der Waals surface area (Å²) < 4.78 is 1.35. The predicted octanol–water partition coefficient (Wildman–Crippen LogP) is 3.41. The minimum Gasteiger partial charge on any atom is -0.103 e. The van der Waals surface area contributed by atoms with Gasteiger partial charge in [-0.3, -0.25) is 0 Å². The lowest BCUT2D eigenvalue weighted by atomic mass is 10.1. The molecule has 58 valence electrons. The zero-order valence-corrected chi connectivity index (χ0v) is 8.54. The van der Waals surface area contributed by atoms with Gasteiger partial charge in [-0.05, 0) is 47.1 Å². The van der Waals surface area contributed by atoms with Crippen LogP contribution in [0, 0.1) is 3.57 Å². The summed E-state index contributed by atoms with van der Waals surface area (Å²) in [6, 6.07) is 8.46. The molecule has 0 unspecified atom stereocenters. The molecule has 1 aromatic rings. The fourth-order valence-electron chi connectivity index (χ4n) is 0.959. The Labute approximate surface area is 81.5 Å². The van der Waals surface area contributed by atoms with Crippen LogP contribution in [0.4, 0.5) is 0 Å². The zero-order valence-electron chi connectivity index (χ0n) is 6.39. The molecule has 0 N–H and O–H groups in total. The van der Waals surface area contributed by atoms with Crippen molar-refractivity contribution in [1.82, 2.24) is 0 Å². The van der Waals surface area contributed by atoms with E-state index in [1.165, 1.54) is 9.13 Å². The highest BCUT2D eigenvalue weighted by atomic mass is 127. The van der Waals surface area contributed by atoms with Crippen molar-refractivity contribution in [3.8, 4) is 0 Å². The van der Waals surface area contributed by atoms with E-state index in [1.807, 2.05) is 6.08 Å². The molecule has 0 nitrogen and oxygen atoms in total. The minimum atomic E-state index is 1.07. The largest absolute Gasteiger partial charge is 0.103 e. The number of rotatable bonds is 3. The van der Waals surface area contributed by atoms with E-state index in [0.29, 0.717) is 0 Å². The van der Waals surface area contributed by atoms with E-state index < -0.39 is 0 Å². The third kappa shape index (κ3) is 2.66. The van der Waals surface area contributed by atoms with Gasteiger partial charge in [-0.25, -0.2) is 0 Å². The summed E-state index contributed by atoms with van der Waals surface area (Å²) in [5, 5.41) is 0. The Balaban J connectivity index is 2.69. The van der Waals surface area contributed by atoms with Gasteiger partial charge in [-0.15, -0.1) is 6.58 Å². The Bertz CT molecular complexity index is 240. The topological polar surface area (TPSA) is 0 Å². The summed E-state index contributed by atoms with van der Waals surface area (Å²) in [6.45, 7) is 3.70. The van der Waals surface area contributed by atoms with E-state index in [4.69, 9.17) is 0 Å². The predicted molar refractivity (Wildman–Crippen MR) is 57.7 cm³/mol. The number of hydrogen-bond donors (Lipinski definition) is 0. The summed E-state index contributed by atoms with van der Waals surface area (Å²) in [7, 11) is 0.